The van der Waals surface area contributed by atoms with Crippen molar-refractivity contribution >= 4 is 53.3 Å². The second-order valence-corrected chi connectivity index (χ2v) is 8.87. The monoisotopic (exact) mass is 571 g/mol. The van der Waals surface area contributed by atoms with Gasteiger partial charge in [0.1, 0.15) is 5.82 Å². The van der Waals surface area contributed by atoms with E-state index in [1.54, 1.807) is 18.8 Å². The average Bonchev–Trinajstić information content (AvgIpc) is 3.32. The topological polar surface area (TPSA) is 87.4 Å². The van der Waals surface area contributed by atoms with Gasteiger partial charge in [-0.05, 0) is 30.7 Å². The summed E-state index contributed by atoms with van der Waals surface area (Å²) in [6.45, 7) is 6.75. The van der Waals surface area contributed by atoms with Crippen molar-refractivity contribution in [3.8, 4) is 0 Å². The number of halogens is 1. The molecule has 1 unspecified atom stereocenters. The van der Waals surface area contributed by atoms with Gasteiger partial charge in [0, 0.05) is 45.2 Å². The van der Waals surface area contributed by atoms with Gasteiger partial charge in [0.2, 0.25) is 5.91 Å². The van der Waals surface area contributed by atoms with Gasteiger partial charge >= 0.3 is 0 Å². The molecule has 0 radical (unpaired) electrons. The van der Waals surface area contributed by atoms with E-state index >= 15 is 0 Å². The minimum Gasteiger partial charge on any atom is -0.356 e. The van der Waals surface area contributed by atoms with Crippen LogP contribution in [0, 0.1) is 5.92 Å². The molecule has 1 amide bonds. The molecule has 1 aliphatic heterocycles. The van der Waals surface area contributed by atoms with E-state index in [0.29, 0.717) is 18.9 Å². The Morgan fingerprint density at radius 1 is 1.28 bits per heavy atom. The second kappa shape index (κ2) is 13.0. The first-order valence-electron chi connectivity index (χ1n) is 10.8. The maximum atomic E-state index is 12.4. The van der Waals surface area contributed by atoms with E-state index in [-0.39, 0.29) is 35.9 Å². The molecule has 10 heteroatoms. The Kier molecular flexibility index (Phi) is 10.8. The van der Waals surface area contributed by atoms with Crippen molar-refractivity contribution < 1.29 is 4.79 Å². The van der Waals surface area contributed by atoms with E-state index in [1.165, 1.54) is 0 Å². The minimum absolute atomic E-state index is 0. The zero-order valence-electron chi connectivity index (χ0n) is 19.2. The lowest BCUT2D eigenvalue weighted by molar-refractivity contribution is -0.117. The number of para-hydroxylation sites is 1. The number of rotatable bonds is 9. The molecular weight excluding hydrogens is 537 g/mol. The molecule has 1 aromatic carbocycles. The number of aromatic nitrogens is 3. The number of amides is 1. The number of carbonyl (C=O) groups is 1. The summed E-state index contributed by atoms with van der Waals surface area (Å²) in [6, 6.07) is 9.83. The number of anilines is 1. The van der Waals surface area contributed by atoms with Crippen LogP contribution in [0.2, 0.25) is 0 Å². The molecular formula is C22H34IN7OS. The molecule has 176 valence electrons. The van der Waals surface area contributed by atoms with Crippen molar-refractivity contribution in [2.45, 2.75) is 50.9 Å². The molecule has 32 heavy (non-hydrogen) atoms. The molecule has 1 aromatic heterocycles. The van der Waals surface area contributed by atoms with Gasteiger partial charge in [-0.1, -0.05) is 43.8 Å². The van der Waals surface area contributed by atoms with Gasteiger partial charge in [-0.25, -0.2) is 0 Å². The van der Waals surface area contributed by atoms with Crippen LogP contribution < -0.4 is 15.5 Å². The quantitative estimate of drug-likeness (QED) is 0.158. The van der Waals surface area contributed by atoms with Gasteiger partial charge in [0.05, 0.1) is 6.04 Å². The summed E-state index contributed by atoms with van der Waals surface area (Å²) < 4.78 is 2.23. The van der Waals surface area contributed by atoms with Gasteiger partial charge in [-0.3, -0.25) is 9.79 Å². The van der Waals surface area contributed by atoms with Crippen molar-refractivity contribution in [3.05, 3.63) is 36.2 Å². The Balaban J connectivity index is 0.00000363. The van der Waals surface area contributed by atoms with Crippen molar-refractivity contribution in [3.63, 3.8) is 0 Å². The Labute approximate surface area is 212 Å². The molecule has 2 aromatic rings. The van der Waals surface area contributed by atoms with E-state index in [4.69, 9.17) is 0 Å². The summed E-state index contributed by atoms with van der Waals surface area (Å²) in [5.74, 6) is 2.43. The van der Waals surface area contributed by atoms with Crippen molar-refractivity contribution in [2.75, 3.05) is 31.3 Å². The van der Waals surface area contributed by atoms with Crippen LogP contribution in [0.5, 0.6) is 0 Å². The molecule has 1 atom stereocenters. The summed E-state index contributed by atoms with van der Waals surface area (Å²) in [7, 11) is 1.76. The molecule has 0 aliphatic carbocycles. The van der Waals surface area contributed by atoms with Crippen LogP contribution in [0.4, 0.5) is 5.69 Å². The lowest BCUT2D eigenvalue weighted by Crippen LogP contribution is -2.45. The normalized spacial score (nSPS) is 16.4. The number of guanidine groups is 1. The lowest BCUT2D eigenvalue weighted by atomic mass is 10.2. The van der Waals surface area contributed by atoms with Crippen molar-refractivity contribution in [2.24, 2.45) is 10.9 Å². The third-order valence-corrected chi connectivity index (χ3v) is 5.82. The number of nitrogens with one attached hydrogen (secondary N) is 2. The first kappa shape index (κ1) is 26.4. The smallest absolute Gasteiger partial charge is 0.229 e. The van der Waals surface area contributed by atoms with Crippen molar-refractivity contribution in [1.29, 1.82) is 0 Å². The lowest BCUT2D eigenvalue weighted by Gasteiger charge is -2.19. The third kappa shape index (κ3) is 7.09. The summed E-state index contributed by atoms with van der Waals surface area (Å²) in [5.41, 5.74) is 0.940. The Hall–Kier alpha value is -1.82. The van der Waals surface area contributed by atoms with Crippen LogP contribution in [0.3, 0.4) is 0 Å². The molecule has 2 heterocycles. The van der Waals surface area contributed by atoms with E-state index in [0.717, 1.165) is 48.6 Å². The predicted octanol–water partition coefficient (Wildman–Crippen LogP) is 3.18. The Bertz CT molecular complexity index is 888. The highest BCUT2D eigenvalue weighted by Gasteiger charge is 2.31. The van der Waals surface area contributed by atoms with Crippen LogP contribution in [0.1, 0.15) is 32.5 Å². The maximum absolute atomic E-state index is 12.4. The van der Waals surface area contributed by atoms with E-state index < -0.39 is 0 Å². The molecule has 2 N–H and O–H groups in total. The largest absolute Gasteiger partial charge is 0.356 e. The van der Waals surface area contributed by atoms with Gasteiger partial charge in [-0.15, -0.1) is 34.2 Å². The number of thioether (sulfide) groups is 1. The number of benzene rings is 1. The zero-order chi connectivity index (χ0) is 22.2. The van der Waals surface area contributed by atoms with Gasteiger partial charge in [0.25, 0.3) is 0 Å². The first-order chi connectivity index (χ1) is 15.0. The molecule has 0 saturated carbocycles. The summed E-state index contributed by atoms with van der Waals surface area (Å²) in [6.07, 6.45) is 4.28. The molecule has 3 rings (SSSR count). The molecule has 0 bridgehead atoms. The number of carbonyl (C=O) groups excluding carboxylic acids is 1. The van der Waals surface area contributed by atoms with Crippen molar-refractivity contribution in [1.82, 2.24) is 25.4 Å². The fourth-order valence-electron chi connectivity index (χ4n) is 3.71. The van der Waals surface area contributed by atoms with Crippen LogP contribution in [-0.2, 0) is 17.8 Å². The highest BCUT2D eigenvalue weighted by Crippen LogP contribution is 2.21. The van der Waals surface area contributed by atoms with E-state index in [9.17, 15) is 4.79 Å². The number of hydrogen-bond acceptors (Lipinski definition) is 5. The predicted molar refractivity (Wildman–Crippen MR) is 142 cm³/mol. The number of hydrogen-bond donors (Lipinski definition) is 2. The average molecular weight is 572 g/mol. The van der Waals surface area contributed by atoms with Crippen LogP contribution in [0.25, 0.3) is 0 Å². The fraction of sp³-hybridized carbons (Fsp3) is 0.545. The second-order valence-electron chi connectivity index (χ2n) is 8.10. The summed E-state index contributed by atoms with van der Waals surface area (Å²) >= 11 is 1.64. The standard InChI is InChI=1S/C22H33N7OS.HI/c1-16(2)14-29-19(26-27-22(29)31-4)11-8-12-24-21(23-3)25-17-13-20(30)28(15-17)18-9-6-5-7-10-18;/h5-7,9-10,16-17H,8,11-15H2,1-4H3,(H2,23,24,25);1H. The molecule has 1 fully saturated rings. The number of aryl methyl sites for hydroxylation is 1. The van der Waals surface area contributed by atoms with Gasteiger partial charge in [-0.2, -0.15) is 0 Å². The third-order valence-electron chi connectivity index (χ3n) is 5.15. The molecule has 0 spiro atoms. The van der Waals surface area contributed by atoms with E-state index in [2.05, 4.69) is 44.2 Å². The maximum Gasteiger partial charge on any atom is 0.229 e. The summed E-state index contributed by atoms with van der Waals surface area (Å²) in [4.78, 5) is 18.6. The number of aliphatic imine (C=N–C) groups is 1. The van der Waals surface area contributed by atoms with Gasteiger partial charge in [0.15, 0.2) is 11.1 Å². The van der Waals surface area contributed by atoms with Crippen LogP contribution in [-0.4, -0.2) is 59.1 Å². The molecule has 1 saturated heterocycles. The Morgan fingerprint density at radius 3 is 2.69 bits per heavy atom. The number of nitrogens with zero attached hydrogens (tertiary/aromatic N) is 5. The van der Waals surface area contributed by atoms with Gasteiger partial charge < -0.3 is 20.1 Å². The molecule has 1 aliphatic rings. The molecule has 8 nitrogen and oxygen atoms in total. The van der Waals surface area contributed by atoms with E-state index in [1.807, 2.05) is 41.5 Å². The summed E-state index contributed by atoms with van der Waals surface area (Å²) in [5, 5.41) is 16.4. The fourth-order valence-corrected chi connectivity index (χ4v) is 4.23. The highest BCUT2D eigenvalue weighted by molar-refractivity contribution is 14.0. The first-order valence-corrected chi connectivity index (χ1v) is 12.0. The highest BCUT2D eigenvalue weighted by atomic mass is 127. The minimum atomic E-state index is 0. The van der Waals surface area contributed by atoms with Crippen LogP contribution >= 0.6 is 35.7 Å². The SMILES string of the molecule is CN=C(NCCCc1nnc(SC)n1CC(C)C)NC1CC(=O)N(c2ccccc2)C1.I. The van der Waals surface area contributed by atoms with Crippen LogP contribution in [0.15, 0.2) is 40.5 Å². The zero-order valence-corrected chi connectivity index (χ0v) is 22.4. The Morgan fingerprint density at radius 2 is 2.03 bits per heavy atom.